The highest BCUT2D eigenvalue weighted by Gasteiger charge is 2.18. The molecule has 0 spiro atoms. The fourth-order valence-corrected chi connectivity index (χ4v) is 2.15. The molecule has 0 fully saturated rings. The maximum absolute atomic E-state index is 6.17. The lowest BCUT2D eigenvalue weighted by Gasteiger charge is -2.24. The van der Waals surface area contributed by atoms with E-state index in [1.807, 2.05) is 25.2 Å². The van der Waals surface area contributed by atoms with E-state index >= 15 is 0 Å². The van der Waals surface area contributed by atoms with E-state index in [0.717, 1.165) is 22.0 Å². The van der Waals surface area contributed by atoms with Crippen molar-refractivity contribution in [2.24, 2.45) is 5.92 Å². The standard InChI is InChI=1S/C12H17Cl2N/c1-4-8(2)12(15-3)10-7-9(13)5-6-11(10)14/h5-8,12,15H,4H2,1-3H3. The van der Waals surface area contributed by atoms with Crippen molar-refractivity contribution in [1.29, 1.82) is 0 Å². The molecule has 0 saturated carbocycles. The molecule has 84 valence electrons. The molecule has 15 heavy (non-hydrogen) atoms. The van der Waals surface area contributed by atoms with Gasteiger partial charge in [0.05, 0.1) is 0 Å². The third-order valence-corrected chi connectivity index (χ3v) is 3.40. The van der Waals surface area contributed by atoms with Crippen molar-refractivity contribution in [2.45, 2.75) is 26.3 Å². The molecular weight excluding hydrogens is 229 g/mol. The molecule has 1 aromatic rings. The summed E-state index contributed by atoms with van der Waals surface area (Å²) in [6.45, 7) is 4.38. The first kappa shape index (κ1) is 12.8. The SMILES string of the molecule is CCC(C)C(NC)c1cc(Cl)ccc1Cl. The van der Waals surface area contributed by atoms with Crippen LogP contribution in [0.15, 0.2) is 18.2 Å². The fraction of sp³-hybridized carbons (Fsp3) is 0.500. The van der Waals surface area contributed by atoms with E-state index in [1.165, 1.54) is 0 Å². The number of hydrogen-bond donors (Lipinski definition) is 1. The Morgan fingerprint density at radius 3 is 2.53 bits per heavy atom. The topological polar surface area (TPSA) is 12.0 Å². The van der Waals surface area contributed by atoms with Crippen LogP contribution in [0.3, 0.4) is 0 Å². The Bertz CT molecular complexity index is 325. The number of rotatable bonds is 4. The molecule has 2 unspecified atom stereocenters. The molecule has 0 aliphatic heterocycles. The number of benzene rings is 1. The third kappa shape index (κ3) is 3.10. The van der Waals surface area contributed by atoms with Gasteiger partial charge in [0.1, 0.15) is 0 Å². The van der Waals surface area contributed by atoms with Crippen LogP contribution in [0.4, 0.5) is 0 Å². The molecular formula is C12H17Cl2N. The zero-order valence-electron chi connectivity index (χ0n) is 9.35. The van der Waals surface area contributed by atoms with Crippen molar-refractivity contribution in [3.05, 3.63) is 33.8 Å². The molecule has 0 amide bonds. The van der Waals surface area contributed by atoms with Gasteiger partial charge < -0.3 is 5.32 Å². The summed E-state index contributed by atoms with van der Waals surface area (Å²) in [5, 5.41) is 4.81. The minimum atomic E-state index is 0.265. The Kier molecular flexibility index (Phi) is 4.91. The van der Waals surface area contributed by atoms with E-state index in [0.29, 0.717) is 5.92 Å². The summed E-state index contributed by atoms with van der Waals surface area (Å²) in [6, 6.07) is 5.88. The first-order valence-electron chi connectivity index (χ1n) is 5.22. The highest BCUT2D eigenvalue weighted by atomic mass is 35.5. The predicted molar refractivity (Wildman–Crippen MR) is 67.7 cm³/mol. The largest absolute Gasteiger partial charge is 0.313 e. The zero-order valence-corrected chi connectivity index (χ0v) is 10.9. The Morgan fingerprint density at radius 1 is 1.33 bits per heavy atom. The van der Waals surface area contributed by atoms with Gasteiger partial charge in [-0.1, -0.05) is 43.5 Å². The van der Waals surface area contributed by atoms with E-state index in [9.17, 15) is 0 Å². The quantitative estimate of drug-likeness (QED) is 0.835. The van der Waals surface area contributed by atoms with Crippen LogP contribution in [-0.4, -0.2) is 7.05 Å². The smallest absolute Gasteiger partial charge is 0.0454 e. The molecule has 0 bridgehead atoms. The Balaban J connectivity index is 3.05. The number of nitrogens with one attached hydrogen (secondary N) is 1. The number of halogens is 2. The second-order valence-corrected chi connectivity index (χ2v) is 4.66. The Hall–Kier alpha value is -0.240. The normalized spacial score (nSPS) is 15.0. The van der Waals surface area contributed by atoms with E-state index in [4.69, 9.17) is 23.2 Å². The van der Waals surface area contributed by atoms with Crippen LogP contribution in [0.5, 0.6) is 0 Å². The lowest BCUT2D eigenvalue weighted by atomic mass is 9.92. The lowest BCUT2D eigenvalue weighted by molar-refractivity contribution is 0.400. The summed E-state index contributed by atoms with van der Waals surface area (Å²) < 4.78 is 0. The minimum absolute atomic E-state index is 0.265. The third-order valence-electron chi connectivity index (χ3n) is 2.82. The van der Waals surface area contributed by atoms with Crippen LogP contribution in [0.25, 0.3) is 0 Å². The van der Waals surface area contributed by atoms with Gasteiger partial charge in [-0.25, -0.2) is 0 Å². The molecule has 0 aromatic heterocycles. The van der Waals surface area contributed by atoms with Crippen LogP contribution < -0.4 is 5.32 Å². The monoisotopic (exact) mass is 245 g/mol. The highest BCUT2D eigenvalue weighted by Crippen LogP contribution is 2.31. The van der Waals surface area contributed by atoms with Gasteiger partial charge in [-0.2, -0.15) is 0 Å². The molecule has 0 aliphatic rings. The number of hydrogen-bond acceptors (Lipinski definition) is 1. The van der Waals surface area contributed by atoms with Crippen molar-refractivity contribution in [3.8, 4) is 0 Å². The first-order chi connectivity index (χ1) is 7.10. The van der Waals surface area contributed by atoms with Gasteiger partial charge in [0.25, 0.3) is 0 Å². The molecule has 1 aromatic carbocycles. The molecule has 1 nitrogen and oxygen atoms in total. The van der Waals surface area contributed by atoms with Crippen molar-refractivity contribution >= 4 is 23.2 Å². The van der Waals surface area contributed by atoms with Crippen LogP contribution in [0.2, 0.25) is 10.0 Å². The zero-order chi connectivity index (χ0) is 11.4. The van der Waals surface area contributed by atoms with Crippen molar-refractivity contribution in [3.63, 3.8) is 0 Å². The molecule has 1 N–H and O–H groups in total. The fourth-order valence-electron chi connectivity index (χ4n) is 1.74. The first-order valence-corrected chi connectivity index (χ1v) is 5.98. The summed E-state index contributed by atoms with van der Waals surface area (Å²) in [5.74, 6) is 0.533. The predicted octanol–water partition coefficient (Wildman–Crippen LogP) is 4.30. The molecule has 1 rings (SSSR count). The summed E-state index contributed by atoms with van der Waals surface area (Å²) in [4.78, 5) is 0. The second kappa shape index (κ2) is 5.74. The Morgan fingerprint density at radius 2 is 2.00 bits per heavy atom. The summed E-state index contributed by atoms with van der Waals surface area (Å²) in [6.07, 6.45) is 1.11. The minimum Gasteiger partial charge on any atom is -0.313 e. The molecule has 0 heterocycles. The van der Waals surface area contributed by atoms with Gasteiger partial charge in [-0.15, -0.1) is 0 Å². The van der Waals surface area contributed by atoms with Crippen molar-refractivity contribution < 1.29 is 0 Å². The van der Waals surface area contributed by atoms with E-state index in [1.54, 1.807) is 0 Å². The van der Waals surface area contributed by atoms with Crippen molar-refractivity contribution in [1.82, 2.24) is 5.32 Å². The molecule has 0 radical (unpaired) electrons. The van der Waals surface area contributed by atoms with Crippen LogP contribution in [0.1, 0.15) is 31.9 Å². The van der Waals surface area contributed by atoms with Gasteiger partial charge in [0.2, 0.25) is 0 Å². The summed E-state index contributed by atoms with van der Waals surface area (Å²) >= 11 is 12.2. The lowest BCUT2D eigenvalue weighted by Crippen LogP contribution is -2.23. The maximum Gasteiger partial charge on any atom is 0.0454 e. The highest BCUT2D eigenvalue weighted by molar-refractivity contribution is 6.33. The van der Waals surface area contributed by atoms with Gasteiger partial charge >= 0.3 is 0 Å². The van der Waals surface area contributed by atoms with Crippen molar-refractivity contribution in [2.75, 3.05) is 7.05 Å². The van der Waals surface area contributed by atoms with E-state index in [2.05, 4.69) is 19.2 Å². The van der Waals surface area contributed by atoms with Gasteiger partial charge in [0, 0.05) is 16.1 Å². The van der Waals surface area contributed by atoms with Gasteiger partial charge in [-0.3, -0.25) is 0 Å². The van der Waals surface area contributed by atoms with E-state index in [-0.39, 0.29) is 6.04 Å². The van der Waals surface area contributed by atoms with Crippen LogP contribution in [0, 0.1) is 5.92 Å². The Labute approximate surface area is 102 Å². The molecule has 2 atom stereocenters. The average molecular weight is 246 g/mol. The molecule has 3 heteroatoms. The van der Waals surface area contributed by atoms with Gasteiger partial charge in [0.15, 0.2) is 0 Å². The summed E-state index contributed by atoms with van der Waals surface area (Å²) in [7, 11) is 1.95. The van der Waals surface area contributed by atoms with Gasteiger partial charge in [-0.05, 0) is 36.7 Å². The average Bonchev–Trinajstić information content (AvgIpc) is 2.23. The van der Waals surface area contributed by atoms with Crippen LogP contribution >= 0.6 is 23.2 Å². The molecule has 0 saturated heterocycles. The van der Waals surface area contributed by atoms with Crippen LogP contribution in [-0.2, 0) is 0 Å². The summed E-state index contributed by atoms with van der Waals surface area (Å²) in [5.41, 5.74) is 1.08. The second-order valence-electron chi connectivity index (χ2n) is 3.82. The maximum atomic E-state index is 6.17. The van der Waals surface area contributed by atoms with E-state index < -0.39 is 0 Å². The molecule has 0 aliphatic carbocycles.